The van der Waals surface area contributed by atoms with E-state index in [0.29, 0.717) is 11.5 Å². The third kappa shape index (κ3) is 2.65. The average molecular weight is 280 g/mol. The van der Waals surface area contributed by atoms with Crippen LogP contribution in [0, 0.1) is 5.41 Å². The molecule has 2 saturated heterocycles. The Morgan fingerprint density at radius 3 is 2.40 bits per heavy atom. The molecular formula is C17H32N2O. The number of ether oxygens (including phenoxy) is 1. The van der Waals surface area contributed by atoms with E-state index in [2.05, 4.69) is 11.8 Å². The smallest absolute Gasteiger partial charge is 0.0590 e. The highest BCUT2D eigenvalue weighted by Gasteiger charge is 2.45. The second kappa shape index (κ2) is 5.94. The van der Waals surface area contributed by atoms with E-state index in [1.54, 1.807) is 0 Å². The van der Waals surface area contributed by atoms with Gasteiger partial charge in [0.25, 0.3) is 0 Å². The molecule has 1 aliphatic carbocycles. The van der Waals surface area contributed by atoms with Gasteiger partial charge in [-0.3, -0.25) is 4.90 Å². The highest BCUT2D eigenvalue weighted by molar-refractivity contribution is 5.00. The monoisotopic (exact) mass is 280 g/mol. The van der Waals surface area contributed by atoms with E-state index < -0.39 is 0 Å². The van der Waals surface area contributed by atoms with Gasteiger partial charge in [-0.15, -0.1) is 0 Å². The van der Waals surface area contributed by atoms with E-state index >= 15 is 0 Å². The van der Waals surface area contributed by atoms with Crippen LogP contribution >= 0.6 is 0 Å². The van der Waals surface area contributed by atoms with E-state index in [0.717, 1.165) is 32.4 Å². The summed E-state index contributed by atoms with van der Waals surface area (Å²) in [6.07, 6.45) is 12.5. The first-order valence-electron chi connectivity index (χ1n) is 8.79. The summed E-state index contributed by atoms with van der Waals surface area (Å²) in [6, 6.07) is 0. The molecule has 0 radical (unpaired) electrons. The summed E-state index contributed by atoms with van der Waals surface area (Å²) in [5, 5.41) is 0. The van der Waals surface area contributed by atoms with Gasteiger partial charge >= 0.3 is 0 Å². The van der Waals surface area contributed by atoms with Gasteiger partial charge in [-0.25, -0.2) is 0 Å². The second-order valence-electron chi connectivity index (χ2n) is 7.48. The zero-order chi connectivity index (χ0) is 14.1. The fraction of sp³-hybridized carbons (Fsp3) is 1.00. The number of piperidine rings is 1. The van der Waals surface area contributed by atoms with Crippen LogP contribution in [0.4, 0.5) is 0 Å². The first-order valence-corrected chi connectivity index (χ1v) is 8.79. The first kappa shape index (κ1) is 14.8. The first-order chi connectivity index (χ1) is 9.72. The lowest BCUT2D eigenvalue weighted by Gasteiger charge is -2.52. The molecule has 3 heteroatoms. The number of rotatable bonds is 3. The lowest BCUT2D eigenvalue weighted by Crippen LogP contribution is -2.61. The molecule has 2 aliphatic heterocycles. The van der Waals surface area contributed by atoms with Crippen molar-refractivity contribution in [3.63, 3.8) is 0 Å². The summed E-state index contributed by atoms with van der Waals surface area (Å²) in [7, 11) is 0. The van der Waals surface area contributed by atoms with Gasteiger partial charge in [0.1, 0.15) is 0 Å². The third-order valence-corrected chi connectivity index (χ3v) is 6.52. The predicted octanol–water partition coefficient (Wildman–Crippen LogP) is 2.93. The Kier molecular flexibility index (Phi) is 4.40. The van der Waals surface area contributed by atoms with Crippen LogP contribution in [0.25, 0.3) is 0 Å². The molecule has 2 heterocycles. The van der Waals surface area contributed by atoms with Crippen LogP contribution in [-0.4, -0.2) is 42.8 Å². The molecule has 20 heavy (non-hydrogen) atoms. The lowest BCUT2D eigenvalue weighted by molar-refractivity contribution is -0.0861. The number of nitrogens with two attached hydrogens (primary N) is 1. The Morgan fingerprint density at radius 2 is 1.80 bits per heavy atom. The van der Waals surface area contributed by atoms with Crippen molar-refractivity contribution in [2.75, 3.05) is 26.2 Å². The second-order valence-corrected chi connectivity index (χ2v) is 7.48. The fourth-order valence-corrected chi connectivity index (χ4v) is 4.94. The Bertz CT molecular complexity index is 317. The number of hydrogen-bond acceptors (Lipinski definition) is 3. The Morgan fingerprint density at radius 1 is 1.10 bits per heavy atom. The average Bonchev–Trinajstić information content (AvgIpc) is 2.96. The van der Waals surface area contributed by atoms with Crippen molar-refractivity contribution in [1.82, 2.24) is 4.90 Å². The van der Waals surface area contributed by atoms with Crippen LogP contribution in [-0.2, 0) is 4.74 Å². The van der Waals surface area contributed by atoms with E-state index in [1.165, 1.54) is 51.6 Å². The van der Waals surface area contributed by atoms with Crippen LogP contribution in [0.1, 0.15) is 64.7 Å². The predicted molar refractivity (Wildman–Crippen MR) is 82.8 cm³/mol. The molecule has 3 aliphatic rings. The molecule has 0 aromatic carbocycles. The highest BCUT2D eigenvalue weighted by Crippen LogP contribution is 2.47. The molecule has 0 amide bonds. The molecule has 3 nitrogen and oxygen atoms in total. The van der Waals surface area contributed by atoms with Gasteiger partial charge in [-0.1, -0.05) is 19.8 Å². The SMILES string of the molecule is CCC1CC(CN)(N2CCC3(CCCC3)CC2)CCO1. The van der Waals surface area contributed by atoms with Crippen molar-refractivity contribution in [3.05, 3.63) is 0 Å². The quantitative estimate of drug-likeness (QED) is 0.864. The maximum atomic E-state index is 6.23. The Hall–Kier alpha value is -0.120. The normalized spacial score (nSPS) is 38.4. The zero-order valence-electron chi connectivity index (χ0n) is 13.2. The van der Waals surface area contributed by atoms with Crippen LogP contribution in [0.15, 0.2) is 0 Å². The van der Waals surface area contributed by atoms with Gasteiger partial charge in [0.05, 0.1) is 6.10 Å². The van der Waals surface area contributed by atoms with E-state index in [9.17, 15) is 0 Å². The molecule has 3 rings (SSSR count). The minimum atomic E-state index is 0.235. The maximum Gasteiger partial charge on any atom is 0.0590 e. The van der Waals surface area contributed by atoms with Gasteiger partial charge < -0.3 is 10.5 Å². The molecule has 1 saturated carbocycles. The van der Waals surface area contributed by atoms with Gasteiger partial charge in [-0.2, -0.15) is 0 Å². The molecule has 0 aromatic heterocycles. The largest absolute Gasteiger partial charge is 0.378 e. The zero-order valence-corrected chi connectivity index (χ0v) is 13.2. The molecular weight excluding hydrogens is 248 g/mol. The molecule has 116 valence electrons. The van der Waals surface area contributed by atoms with Crippen LogP contribution in [0.2, 0.25) is 0 Å². The van der Waals surface area contributed by atoms with E-state index in [-0.39, 0.29) is 5.54 Å². The Labute approximate surface area is 124 Å². The van der Waals surface area contributed by atoms with Crippen molar-refractivity contribution in [1.29, 1.82) is 0 Å². The summed E-state index contributed by atoms with van der Waals surface area (Å²) in [5.74, 6) is 0. The van der Waals surface area contributed by atoms with Crippen LogP contribution < -0.4 is 5.73 Å². The Balaban J connectivity index is 1.65. The molecule has 3 fully saturated rings. The van der Waals surface area contributed by atoms with Crippen molar-refractivity contribution < 1.29 is 4.74 Å². The minimum Gasteiger partial charge on any atom is -0.378 e. The lowest BCUT2D eigenvalue weighted by atomic mass is 9.74. The fourth-order valence-electron chi connectivity index (χ4n) is 4.94. The topological polar surface area (TPSA) is 38.5 Å². The number of hydrogen-bond donors (Lipinski definition) is 1. The molecule has 2 atom stereocenters. The van der Waals surface area contributed by atoms with E-state index in [1.807, 2.05) is 0 Å². The van der Waals surface area contributed by atoms with Crippen molar-refractivity contribution >= 4 is 0 Å². The van der Waals surface area contributed by atoms with Gasteiger partial charge in [-0.05, 0) is 63.5 Å². The van der Waals surface area contributed by atoms with Crippen molar-refractivity contribution in [3.8, 4) is 0 Å². The molecule has 0 aromatic rings. The highest BCUT2D eigenvalue weighted by atomic mass is 16.5. The standard InChI is InChI=1S/C17H32N2O/c1-2-15-13-17(14-18,9-12-20-15)19-10-7-16(8-11-19)5-3-4-6-16/h15H,2-14,18H2,1H3. The minimum absolute atomic E-state index is 0.235. The molecule has 1 spiro atoms. The summed E-state index contributed by atoms with van der Waals surface area (Å²) < 4.78 is 5.89. The number of likely N-dealkylation sites (tertiary alicyclic amines) is 1. The summed E-state index contributed by atoms with van der Waals surface area (Å²) in [4.78, 5) is 2.74. The van der Waals surface area contributed by atoms with Crippen molar-refractivity contribution in [2.24, 2.45) is 11.1 Å². The van der Waals surface area contributed by atoms with Crippen LogP contribution in [0.3, 0.4) is 0 Å². The molecule has 2 unspecified atom stereocenters. The summed E-state index contributed by atoms with van der Waals surface area (Å²) >= 11 is 0. The molecule has 0 bridgehead atoms. The van der Waals surface area contributed by atoms with Gasteiger partial charge in [0, 0.05) is 18.7 Å². The van der Waals surface area contributed by atoms with Crippen molar-refractivity contribution in [2.45, 2.75) is 76.4 Å². The van der Waals surface area contributed by atoms with Gasteiger partial charge in [0.15, 0.2) is 0 Å². The molecule has 2 N–H and O–H groups in total. The van der Waals surface area contributed by atoms with E-state index in [4.69, 9.17) is 10.5 Å². The maximum absolute atomic E-state index is 6.23. The number of nitrogens with zero attached hydrogens (tertiary/aromatic N) is 1. The summed E-state index contributed by atoms with van der Waals surface area (Å²) in [5.41, 5.74) is 7.18. The third-order valence-electron chi connectivity index (χ3n) is 6.52. The summed E-state index contributed by atoms with van der Waals surface area (Å²) in [6.45, 7) is 6.49. The van der Waals surface area contributed by atoms with Crippen LogP contribution in [0.5, 0.6) is 0 Å². The van der Waals surface area contributed by atoms with Gasteiger partial charge in [0.2, 0.25) is 0 Å².